The largest absolute Gasteiger partial charge is 0.697 e. The van der Waals surface area contributed by atoms with Crippen LogP contribution in [-0.4, -0.2) is 24.7 Å². The molecule has 0 radical (unpaired) electrons. The molecule has 0 saturated heterocycles. The van der Waals surface area contributed by atoms with Crippen LogP contribution >= 0.6 is 19.9 Å². The molecule has 0 aliphatic carbocycles. The van der Waals surface area contributed by atoms with Crippen LogP contribution < -0.4 is 10.1 Å². The van der Waals surface area contributed by atoms with E-state index < -0.39 is 24.9 Å². The van der Waals surface area contributed by atoms with Gasteiger partial charge in [0.1, 0.15) is 30.4 Å². The summed E-state index contributed by atoms with van der Waals surface area (Å²) < 4.78 is 62.8. The second-order valence-electron chi connectivity index (χ2n) is 5.77. The van der Waals surface area contributed by atoms with Gasteiger partial charge in [-0.05, 0) is 45.0 Å². The van der Waals surface area contributed by atoms with Gasteiger partial charge in [0.05, 0.1) is 15.5 Å². The predicted molar refractivity (Wildman–Crippen MR) is 115 cm³/mol. The van der Waals surface area contributed by atoms with E-state index in [-0.39, 0.29) is 27.9 Å². The zero-order chi connectivity index (χ0) is 24.3. The van der Waals surface area contributed by atoms with Crippen molar-refractivity contribution < 1.29 is 36.4 Å². The fourth-order valence-corrected chi connectivity index (χ4v) is 2.92. The van der Waals surface area contributed by atoms with Crippen LogP contribution in [0.3, 0.4) is 0 Å². The number of nitro groups is 1. The van der Waals surface area contributed by atoms with Crippen molar-refractivity contribution in [2.24, 2.45) is 0 Å². The Kier molecular flexibility index (Phi) is 11.3. The van der Waals surface area contributed by atoms with Crippen molar-refractivity contribution in [3.63, 3.8) is 0 Å². The van der Waals surface area contributed by atoms with Crippen molar-refractivity contribution in [3.8, 4) is 11.5 Å². The highest BCUT2D eigenvalue weighted by Gasteiger charge is 2.31. The summed E-state index contributed by atoms with van der Waals surface area (Å²) in [5.74, 6) is 0.221. The van der Waals surface area contributed by atoms with Crippen LogP contribution in [0.5, 0.6) is 11.5 Å². The Bertz CT molecular complexity index is 922. The number of alkyl halides is 3. The molecule has 0 aliphatic heterocycles. The fourth-order valence-electron chi connectivity index (χ4n) is 2.20. The minimum Gasteiger partial charge on any atom is -0.456 e. The van der Waals surface area contributed by atoms with Crippen LogP contribution in [-0.2, 0) is 19.8 Å². The molecule has 0 atom stereocenters. The van der Waals surface area contributed by atoms with Gasteiger partial charge in [-0.3, -0.25) is 10.1 Å². The van der Waals surface area contributed by atoms with Crippen LogP contribution in [0, 0.1) is 10.1 Å². The van der Waals surface area contributed by atoms with E-state index in [1.807, 2.05) is 0 Å². The average Bonchev–Trinajstić information content (AvgIpc) is 2.70. The van der Waals surface area contributed by atoms with Gasteiger partial charge >= 0.3 is 14.4 Å². The number of rotatable bonds is 9. The lowest BCUT2D eigenvalue weighted by atomic mass is 10.2. The Labute approximate surface area is 188 Å². The lowest BCUT2D eigenvalue weighted by Gasteiger charge is -2.12. The quantitative estimate of drug-likeness (QED) is 0.222. The molecule has 0 fully saturated rings. The van der Waals surface area contributed by atoms with Crippen molar-refractivity contribution in [1.29, 1.82) is 0 Å². The molecular weight excluding hydrogens is 476 g/mol. The number of nitro benzene ring substituents is 1. The lowest BCUT2D eigenvalue weighted by Crippen LogP contribution is -2.04. The summed E-state index contributed by atoms with van der Waals surface area (Å²) >= 11 is 5.82. The van der Waals surface area contributed by atoms with E-state index in [9.17, 15) is 27.9 Å². The number of nitrogens with zero attached hydrogens (tertiary/aromatic N) is 1. The molecule has 2 rings (SSSR count). The molecule has 176 valence electrons. The molecule has 0 amide bonds. The van der Waals surface area contributed by atoms with Gasteiger partial charge < -0.3 is 10.1 Å². The number of benzene rings is 2. The van der Waals surface area contributed by atoms with Gasteiger partial charge in [-0.25, -0.2) is 0 Å². The molecule has 0 aromatic heterocycles. The Morgan fingerprint density at radius 2 is 1.72 bits per heavy atom. The molecule has 0 unspecified atom stereocenters. The van der Waals surface area contributed by atoms with E-state index in [1.54, 1.807) is 20.8 Å². The van der Waals surface area contributed by atoms with Crippen molar-refractivity contribution in [1.82, 2.24) is 0 Å². The van der Waals surface area contributed by atoms with Crippen molar-refractivity contribution in [3.05, 3.63) is 57.1 Å². The highest BCUT2D eigenvalue weighted by Crippen LogP contribution is 2.37. The zero-order valence-corrected chi connectivity index (χ0v) is 19.1. The lowest BCUT2D eigenvalue weighted by molar-refractivity contribution is -0.384. The first-order valence-corrected chi connectivity index (χ1v) is 10.8. The summed E-state index contributed by atoms with van der Waals surface area (Å²) in [5, 5.41) is 13.6. The van der Waals surface area contributed by atoms with Gasteiger partial charge in [0.2, 0.25) is 0 Å². The van der Waals surface area contributed by atoms with E-state index in [0.29, 0.717) is 19.8 Å². The first-order valence-electron chi connectivity index (χ1n) is 9.33. The average molecular weight is 498 g/mol. The fraction of sp³-hybridized carbons (Fsp3) is 0.368. The number of anilines is 1. The number of halogens is 4. The summed E-state index contributed by atoms with van der Waals surface area (Å²) in [6, 6.07) is 6.67. The Morgan fingerprint density at radius 3 is 2.19 bits per heavy atom. The van der Waals surface area contributed by atoms with E-state index in [0.717, 1.165) is 18.2 Å². The first kappa shape index (κ1) is 27.6. The maximum absolute atomic E-state index is 12.6. The molecule has 0 spiro atoms. The van der Waals surface area contributed by atoms with Crippen LogP contribution in [0.1, 0.15) is 26.3 Å². The van der Waals surface area contributed by atoms with Gasteiger partial charge in [-0.1, -0.05) is 11.6 Å². The Balaban J connectivity index is 0.000000547. The summed E-state index contributed by atoms with van der Waals surface area (Å²) in [4.78, 5) is 10.4. The van der Waals surface area contributed by atoms with Gasteiger partial charge in [0, 0.05) is 23.2 Å². The van der Waals surface area contributed by atoms with Crippen LogP contribution in [0.4, 0.5) is 24.5 Å². The Hall–Kier alpha value is -2.46. The van der Waals surface area contributed by atoms with Crippen molar-refractivity contribution in [2.75, 3.05) is 25.1 Å². The molecule has 0 bridgehead atoms. The van der Waals surface area contributed by atoms with E-state index in [4.69, 9.17) is 16.3 Å². The number of hydrogen-bond acceptors (Lipinski definition) is 7. The number of ether oxygens (including phenoxy) is 1. The van der Waals surface area contributed by atoms with E-state index in [2.05, 4.69) is 14.4 Å². The summed E-state index contributed by atoms with van der Waals surface area (Å²) in [5.41, 5.74) is -0.789. The summed E-state index contributed by atoms with van der Waals surface area (Å²) in [6.07, 6.45) is -4.51. The SMILES string of the molecule is CCNc1cc(Oc2ccc(C(F)(F)F)cc2Cl)ccc1[N+](=O)[O-].CCO[P+](=O)OCC. The highest BCUT2D eigenvalue weighted by atomic mass is 35.5. The molecule has 8 nitrogen and oxygen atoms in total. The smallest absolute Gasteiger partial charge is 0.456 e. The normalized spacial score (nSPS) is 10.7. The van der Waals surface area contributed by atoms with Gasteiger partial charge in [0.25, 0.3) is 5.69 Å². The molecule has 32 heavy (non-hydrogen) atoms. The van der Waals surface area contributed by atoms with Gasteiger partial charge in [-0.15, -0.1) is 9.05 Å². The van der Waals surface area contributed by atoms with Gasteiger partial charge in [-0.2, -0.15) is 13.2 Å². The maximum atomic E-state index is 12.6. The molecule has 0 heterocycles. The molecule has 0 aliphatic rings. The second-order valence-corrected chi connectivity index (χ2v) is 7.14. The third-order valence-electron chi connectivity index (χ3n) is 3.49. The molecular formula is C19H22ClF3N2O6P+. The summed E-state index contributed by atoms with van der Waals surface area (Å²) in [7, 11) is -1.83. The minimum atomic E-state index is -4.51. The van der Waals surface area contributed by atoms with Crippen LogP contribution in [0.25, 0.3) is 0 Å². The van der Waals surface area contributed by atoms with Crippen molar-refractivity contribution in [2.45, 2.75) is 26.9 Å². The standard InChI is InChI=1S/C15H12ClF3N2O3.C4H10O3P/c1-2-20-12-8-10(4-5-13(12)21(22)23)24-14-6-3-9(7-11(14)16)15(17,18)19;1-3-6-8(5)7-4-2/h3-8,20H,2H2,1H3;3-4H2,1-2H3/q;+1. The zero-order valence-electron chi connectivity index (χ0n) is 17.4. The van der Waals surface area contributed by atoms with Crippen LogP contribution in [0.2, 0.25) is 5.02 Å². The molecule has 1 N–H and O–H groups in total. The number of hydrogen-bond donors (Lipinski definition) is 1. The maximum Gasteiger partial charge on any atom is 0.697 e. The third kappa shape index (κ3) is 8.96. The monoisotopic (exact) mass is 497 g/mol. The van der Waals surface area contributed by atoms with Crippen molar-refractivity contribution >= 4 is 31.2 Å². The van der Waals surface area contributed by atoms with Gasteiger partial charge in [0.15, 0.2) is 0 Å². The van der Waals surface area contributed by atoms with Crippen LogP contribution in [0.15, 0.2) is 36.4 Å². The summed E-state index contributed by atoms with van der Waals surface area (Å²) in [6.45, 7) is 6.64. The minimum absolute atomic E-state index is 0.0148. The Morgan fingerprint density at radius 1 is 1.09 bits per heavy atom. The topological polar surface area (TPSA) is 99.9 Å². The third-order valence-corrected chi connectivity index (χ3v) is 4.72. The molecule has 2 aromatic rings. The van der Waals surface area contributed by atoms with E-state index in [1.165, 1.54) is 18.2 Å². The van der Waals surface area contributed by atoms with E-state index >= 15 is 0 Å². The predicted octanol–water partition coefficient (Wildman–Crippen LogP) is 7.21. The number of nitrogens with one attached hydrogen (secondary N) is 1. The molecule has 2 aromatic carbocycles. The molecule has 0 saturated carbocycles. The molecule has 13 heteroatoms. The highest BCUT2D eigenvalue weighted by molar-refractivity contribution is 7.33. The first-order chi connectivity index (χ1) is 15.0. The second kappa shape index (κ2) is 13.2.